The Balaban J connectivity index is 1.70. The number of carbonyl (C=O) groups excluding carboxylic acids is 1. The lowest BCUT2D eigenvalue weighted by Crippen LogP contribution is -2.16. The molecular weight excluding hydrogens is 274 g/mol. The van der Waals surface area contributed by atoms with Gasteiger partial charge in [-0.15, -0.1) is 0 Å². The van der Waals surface area contributed by atoms with Gasteiger partial charge in [-0.2, -0.15) is 0 Å². The summed E-state index contributed by atoms with van der Waals surface area (Å²) in [5.74, 6) is -0.0978. The number of esters is 1. The molecule has 1 fully saturated rings. The summed E-state index contributed by atoms with van der Waals surface area (Å²) < 4.78 is 5.22. The molecule has 0 bridgehead atoms. The molecule has 1 heterocycles. The van der Waals surface area contributed by atoms with E-state index < -0.39 is 0 Å². The van der Waals surface area contributed by atoms with E-state index in [1.807, 2.05) is 43.3 Å². The van der Waals surface area contributed by atoms with Crippen molar-refractivity contribution in [3.63, 3.8) is 0 Å². The summed E-state index contributed by atoms with van der Waals surface area (Å²) in [4.78, 5) is 14.4. The first-order valence-corrected chi connectivity index (χ1v) is 7.80. The minimum Gasteiger partial charge on any atom is -0.465 e. The summed E-state index contributed by atoms with van der Waals surface area (Å²) in [6.45, 7) is 3.09. The molecule has 3 heteroatoms. The quantitative estimate of drug-likeness (QED) is 0.606. The molecular formula is C19H21NO2. The third-order valence-corrected chi connectivity index (χ3v) is 4.08. The van der Waals surface area contributed by atoms with Gasteiger partial charge in [0.2, 0.25) is 0 Å². The van der Waals surface area contributed by atoms with Crippen molar-refractivity contribution in [1.29, 1.82) is 0 Å². The van der Waals surface area contributed by atoms with Crippen LogP contribution in [0.3, 0.4) is 0 Å². The van der Waals surface area contributed by atoms with E-state index in [-0.39, 0.29) is 18.1 Å². The van der Waals surface area contributed by atoms with Gasteiger partial charge in [0.05, 0.1) is 6.61 Å². The summed E-state index contributed by atoms with van der Waals surface area (Å²) in [7, 11) is 0. The first-order chi connectivity index (χ1) is 10.8. The Morgan fingerprint density at radius 3 is 2.18 bits per heavy atom. The van der Waals surface area contributed by atoms with Gasteiger partial charge in [0.1, 0.15) is 6.04 Å². The number of ether oxygens (including phenoxy) is 1. The topological polar surface area (TPSA) is 29.3 Å². The van der Waals surface area contributed by atoms with Crippen molar-refractivity contribution in [2.24, 2.45) is 0 Å². The molecule has 0 amide bonds. The zero-order chi connectivity index (χ0) is 15.4. The molecule has 3 nitrogen and oxygen atoms in total. The second kappa shape index (κ2) is 6.75. The first kappa shape index (κ1) is 14.8. The first-order valence-electron chi connectivity index (χ1n) is 7.80. The average molecular weight is 295 g/mol. The van der Waals surface area contributed by atoms with Crippen LogP contribution in [-0.4, -0.2) is 29.6 Å². The molecule has 0 aromatic heterocycles. The van der Waals surface area contributed by atoms with E-state index >= 15 is 0 Å². The molecule has 114 valence electrons. The van der Waals surface area contributed by atoms with Crippen LogP contribution in [-0.2, 0) is 22.5 Å². The number of carbonyl (C=O) groups is 1. The van der Waals surface area contributed by atoms with Gasteiger partial charge in [-0.25, -0.2) is 0 Å². The van der Waals surface area contributed by atoms with Gasteiger partial charge in [0.15, 0.2) is 0 Å². The van der Waals surface area contributed by atoms with Gasteiger partial charge in [-0.1, -0.05) is 60.7 Å². The van der Waals surface area contributed by atoms with Gasteiger partial charge in [0, 0.05) is 12.6 Å². The molecule has 0 radical (unpaired) electrons. The Hall–Kier alpha value is -2.13. The normalized spacial score (nSPS) is 23.0. The molecule has 1 saturated heterocycles. The Bertz CT molecular complexity index is 564. The van der Waals surface area contributed by atoms with Crippen LogP contribution in [0.5, 0.6) is 0 Å². The van der Waals surface area contributed by atoms with Gasteiger partial charge in [-0.3, -0.25) is 9.69 Å². The number of rotatable bonds is 6. The van der Waals surface area contributed by atoms with Gasteiger partial charge < -0.3 is 4.74 Å². The molecule has 0 spiro atoms. The van der Waals surface area contributed by atoms with Gasteiger partial charge >= 0.3 is 5.97 Å². The SMILES string of the molecule is CCOC(=O)[C@@H]1[C@H](Cc2ccccc2)N1Cc1ccccc1. The van der Waals surface area contributed by atoms with E-state index in [2.05, 4.69) is 29.2 Å². The largest absolute Gasteiger partial charge is 0.465 e. The molecule has 2 aromatic carbocycles. The molecule has 3 rings (SSSR count). The molecule has 3 atom stereocenters. The third-order valence-electron chi connectivity index (χ3n) is 4.08. The van der Waals surface area contributed by atoms with Crippen LogP contribution >= 0.6 is 0 Å². The maximum absolute atomic E-state index is 12.1. The highest BCUT2D eigenvalue weighted by molar-refractivity contribution is 5.80. The summed E-state index contributed by atoms with van der Waals surface area (Å²) in [5.41, 5.74) is 2.49. The Kier molecular flexibility index (Phi) is 4.54. The molecule has 0 saturated carbocycles. The summed E-state index contributed by atoms with van der Waals surface area (Å²) >= 11 is 0. The lowest BCUT2D eigenvalue weighted by atomic mass is 10.1. The smallest absolute Gasteiger partial charge is 0.325 e. The summed E-state index contributed by atoms with van der Waals surface area (Å²) in [5, 5.41) is 0. The van der Waals surface area contributed by atoms with Gasteiger partial charge in [0.25, 0.3) is 0 Å². The highest BCUT2D eigenvalue weighted by atomic mass is 16.5. The van der Waals surface area contributed by atoms with Crippen LogP contribution in [0.4, 0.5) is 0 Å². The van der Waals surface area contributed by atoms with E-state index in [4.69, 9.17) is 4.74 Å². The van der Waals surface area contributed by atoms with Crippen molar-refractivity contribution in [2.75, 3.05) is 6.61 Å². The predicted molar refractivity (Wildman–Crippen MR) is 86.3 cm³/mol. The van der Waals surface area contributed by atoms with Crippen LogP contribution in [0.15, 0.2) is 60.7 Å². The average Bonchev–Trinajstić information content (AvgIpc) is 3.21. The van der Waals surface area contributed by atoms with Crippen LogP contribution in [0, 0.1) is 0 Å². The number of nitrogens with zero attached hydrogens (tertiary/aromatic N) is 1. The molecule has 1 aliphatic heterocycles. The van der Waals surface area contributed by atoms with E-state index in [1.54, 1.807) is 0 Å². The summed E-state index contributed by atoms with van der Waals surface area (Å²) in [6, 6.07) is 20.7. The van der Waals surface area contributed by atoms with Crippen molar-refractivity contribution >= 4 is 5.97 Å². The molecule has 2 aromatic rings. The van der Waals surface area contributed by atoms with Crippen molar-refractivity contribution in [2.45, 2.75) is 32.0 Å². The fourth-order valence-electron chi connectivity index (χ4n) is 2.95. The van der Waals surface area contributed by atoms with Crippen LogP contribution in [0.1, 0.15) is 18.1 Å². The molecule has 22 heavy (non-hydrogen) atoms. The lowest BCUT2D eigenvalue weighted by Gasteiger charge is -2.04. The summed E-state index contributed by atoms with van der Waals surface area (Å²) in [6.07, 6.45) is 0.886. The highest BCUT2D eigenvalue weighted by Crippen LogP contribution is 2.34. The van der Waals surface area contributed by atoms with E-state index in [0.717, 1.165) is 13.0 Å². The number of benzene rings is 2. The fourth-order valence-corrected chi connectivity index (χ4v) is 2.95. The Morgan fingerprint density at radius 1 is 1.00 bits per heavy atom. The molecule has 0 aliphatic carbocycles. The predicted octanol–water partition coefficient (Wildman–Crippen LogP) is 3.05. The monoisotopic (exact) mass is 295 g/mol. The second-order valence-electron chi connectivity index (χ2n) is 5.61. The Labute approximate surface area is 131 Å². The minimum atomic E-state index is -0.111. The van der Waals surface area contributed by atoms with Crippen LogP contribution < -0.4 is 0 Å². The molecule has 1 aliphatic rings. The standard InChI is InChI=1S/C19H21NO2/c1-2-22-19(21)18-17(13-15-9-5-3-6-10-15)20(18)14-16-11-7-4-8-12-16/h3-12,17-18H,2,13-14H2,1H3/t17-,18-,20?/m0/s1. The minimum absolute atomic E-state index is 0.0978. The highest BCUT2D eigenvalue weighted by Gasteiger charge is 2.52. The van der Waals surface area contributed by atoms with Crippen molar-refractivity contribution in [1.82, 2.24) is 4.90 Å². The lowest BCUT2D eigenvalue weighted by molar-refractivity contribution is -0.143. The van der Waals surface area contributed by atoms with Crippen molar-refractivity contribution in [3.8, 4) is 0 Å². The second-order valence-corrected chi connectivity index (χ2v) is 5.61. The Morgan fingerprint density at radius 2 is 1.59 bits per heavy atom. The van der Waals surface area contributed by atoms with Crippen LogP contribution in [0.25, 0.3) is 0 Å². The maximum atomic E-state index is 12.1. The van der Waals surface area contributed by atoms with E-state index in [9.17, 15) is 4.79 Å². The van der Waals surface area contributed by atoms with E-state index in [1.165, 1.54) is 11.1 Å². The van der Waals surface area contributed by atoms with Crippen molar-refractivity contribution < 1.29 is 9.53 Å². The molecule has 0 N–H and O–H groups in total. The maximum Gasteiger partial charge on any atom is 0.325 e. The molecule has 1 unspecified atom stereocenters. The zero-order valence-corrected chi connectivity index (χ0v) is 12.8. The third kappa shape index (κ3) is 3.37. The van der Waals surface area contributed by atoms with E-state index in [0.29, 0.717) is 6.61 Å². The zero-order valence-electron chi connectivity index (χ0n) is 12.8. The number of hydrogen-bond donors (Lipinski definition) is 0. The number of hydrogen-bond acceptors (Lipinski definition) is 3. The van der Waals surface area contributed by atoms with Gasteiger partial charge in [-0.05, 0) is 24.5 Å². The van der Waals surface area contributed by atoms with Crippen molar-refractivity contribution in [3.05, 3.63) is 71.8 Å². The fraction of sp³-hybridized carbons (Fsp3) is 0.316. The van der Waals surface area contributed by atoms with Crippen LogP contribution in [0.2, 0.25) is 0 Å².